The quantitative estimate of drug-likeness (QED) is 0.625. The van der Waals surface area contributed by atoms with Gasteiger partial charge in [0, 0.05) is 38.6 Å². The van der Waals surface area contributed by atoms with Crippen LogP contribution in [0.15, 0.2) is 0 Å². The molecule has 0 aromatic carbocycles. The third kappa shape index (κ3) is 2.52. The summed E-state index contributed by atoms with van der Waals surface area (Å²) in [5.74, 6) is 0.123. The number of hydrogen-bond acceptors (Lipinski definition) is 4. The second-order valence-electron chi connectivity index (χ2n) is 4.44. The first-order chi connectivity index (χ1) is 7.81. The molecule has 2 fully saturated rings. The van der Waals surface area contributed by atoms with Crippen LogP contribution in [-0.2, 0) is 4.79 Å². The van der Waals surface area contributed by atoms with E-state index >= 15 is 0 Å². The van der Waals surface area contributed by atoms with Crippen molar-refractivity contribution in [1.29, 1.82) is 5.26 Å². The molecule has 2 atom stereocenters. The number of rotatable bonds is 1. The first kappa shape index (κ1) is 11.4. The topological polar surface area (TPSA) is 68.2 Å². The molecule has 5 heteroatoms. The molecule has 0 radical (unpaired) electrons. The van der Waals surface area contributed by atoms with Crippen molar-refractivity contribution >= 4 is 5.91 Å². The Hall–Kier alpha value is -1.12. The summed E-state index contributed by atoms with van der Waals surface area (Å²) in [6.45, 7) is 3.28. The van der Waals surface area contributed by atoms with E-state index in [1.54, 1.807) is 0 Å². The lowest BCUT2D eigenvalue weighted by Gasteiger charge is -2.37. The summed E-state index contributed by atoms with van der Waals surface area (Å²) in [7, 11) is 0. The average molecular weight is 222 g/mol. The molecule has 2 heterocycles. The van der Waals surface area contributed by atoms with E-state index < -0.39 is 0 Å². The highest BCUT2D eigenvalue weighted by Gasteiger charge is 2.30. The van der Waals surface area contributed by atoms with Crippen LogP contribution in [0.2, 0.25) is 0 Å². The lowest BCUT2D eigenvalue weighted by Crippen LogP contribution is -2.55. The fourth-order valence-corrected chi connectivity index (χ4v) is 2.51. The zero-order valence-electron chi connectivity index (χ0n) is 9.41. The summed E-state index contributed by atoms with van der Waals surface area (Å²) >= 11 is 0. The van der Waals surface area contributed by atoms with Crippen LogP contribution in [0.1, 0.15) is 19.3 Å². The second kappa shape index (κ2) is 5.28. The molecule has 2 rings (SSSR count). The molecule has 88 valence electrons. The van der Waals surface area contributed by atoms with Crippen LogP contribution in [-0.4, -0.2) is 49.1 Å². The third-order valence-corrected chi connectivity index (χ3v) is 3.36. The molecule has 0 spiro atoms. The minimum atomic E-state index is -0.0790. The first-order valence-corrected chi connectivity index (χ1v) is 5.94. The number of nitriles is 1. The maximum absolute atomic E-state index is 11.5. The van der Waals surface area contributed by atoms with Gasteiger partial charge in [-0.25, -0.2) is 0 Å². The molecule has 0 aliphatic carbocycles. The molecule has 0 aromatic rings. The van der Waals surface area contributed by atoms with Crippen LogP contribution in [0, 0.1) is 11.3 Å². The minimum Gasteiger partial charge on any atom is -0.356 e. The first-order valence-electron chi connectivity index (χ1n) is 5.94. The zero-order valence-corrected chi connectivity index (χ0v) is 9.41. The number of amides is 1. The smallest absolute Gasteiger partial charge is 0.221 e. The standard InChI is InChI=1S/C11H18N4O/c12-7-10-8-13-4-5-15(10)9-2-1-3-14-11(16)6-9/h9-10,13H,1-6,8H2,(H,14,16). The van der Waals surface area contributed by atoms with Crippen molar-refractivity contribution in [3.63, 3.8) is 0 Å². The Balaban J connectivity index is 2.03. The van der Waals surface area contributed by atoms with Gasteiger partial charge in [-0.3, -0.25) is 9.69 Å². The largest absolute Gasteiger partial charge is 0.356 e. The van der Waals surface area contributed by atoms with Gasteiger partial charge >= 0.3 is 0 Å². The van der Waals surface area contributed by atoms with Gasteiger partial charge in [-0.2, -0.15) is 5.26 Å². The Labute approximate surface area is 95.8 Å². The minimum absolute atomic E-state index is 0.0790. The summed E-state index contributed by atoms with van der Waals surface area (Å²) in [6, 6.07) is 2.48. The van der Waals surface area contributed by atoms with Crippen molar-refractivity contribution in [3.8, 4) is 6.07 Å². The maximum atomic E-state index is 11.5. The average Bonchev–Trinajstić information content (AvgIpc) is 2.54. The molecule has 0 bridgehead atoms. The Morgan fingerprint density at radius 3 is 3.12 bits per heavy atom. The fourth-order valence-electron chi connectivity index (χ4n) is 2.51. The predicted molar refractivity (Wildman–Crippen MR) is 59.6 cm³/mol. The van der Waals surface area contributed by atoms with Crippen molar-refractivity contribution < 1.29 is 4.79 Å². The summed E-state index contributed by atoms with van der Waals surface area (Å²) in [4.78, 5) is 13.7. The molecule has 1 amide bonds. The van der Waals surface area contributed by atoms with Crippen LogP contribution in [0.4, 0.5) is 0 Å². The molecule has 0 saturated carbocycles. The number of nitrogens with one attached hydrogen (secondary N) is 2. The number of hydrogen-bond donors (Lipinski definition) is 2. The summed E-state index contributed by atoms with van der Waals surface area (Å²) in [6.07, 6.45) is 2.56. The van der Waals surface area contributed by atoms with Crippen molar-refractivity contribution in [2.75, 3.05) is 26.2 Å². The Bertz CT molecular complexity index is 299. The molecule has 0 aromatic heterocycles. The Morgan fingerprint density at radius 2 is 2.31 bits per heavy atom. The van der Waals surface area contributed by atoms with Crippen molar-refractivity contribution in [2.45, 2.75) is 31.3 Å². The van der Waals surface area contributed by atoms with Gasteiger partial charge in [0.25, 0.3) is 0 Å². The number of nitrogens with zero attached hydrogens (tertiary/aromatic N) is 2. The third-order valence-electron chi connectivity index (χ3n) is 3.36. The molecule has 2 aliphatic rings. The fraction of sp³-hybridized carbons (Fsp3) is 0.818. The van der Waals surface area contributed by atoms with Crippen molar-refractivity contribution in [2.24, 2.45) is 0 Å². The second-order valence-corrected chi connectivity index (χ2v) is 4.44. The van der Waals surface area contributed by atoms with E-state index in [0.717, 1.165) is 32.5 Å². The molecule has 2 saturated heterocycles. The van der Waals surface area contributed by atoms with Crippen LogP contribution in [0.25, 0.3) is 0 Å². The highest BCUT2D eigenvalue weighted by molar-refractivity contribution is 5.76. The Morgan fingerprint density at radius 1 is 1.44 bits per heavy atom. The molecule has 2 N–H and O–H groups in total. The van der Waals surface area contributed by atoms with Gasteiger partial charge in [-0.15, -0.1) is 0 Å². The highest BCUT2D eigenvalue weighted by Crippen LogP contribution is 2.17. The molecule has 16 heavy (non-hydrogen) atoms. The normalized spacial score (nSPS) is 32.6. The summed E-state index contributed by atoms with van der Waals surface area (Å²) in [5, 5.41) is 15.2. The number of carbonyl (C=O) groups is 1. The van der Waals surface area contributed by atoms with Crippen molar-refractivity contribution in [3.05, 3.63) is 0 Å². The molecule has 2 aliphatic heterocycles. The van der Waals surface area contributed by atoms with Crippen LogP contribution >= 0.6 is 0 Å². The van der Waals surface area contributed by atoms with Gasteiger partial charge in [0.2, 0.25) is 5.91 Å². The molecule has 2 unspecified atom stereocenters. The van der Waals surface area contributed by atoms with Crippen LogP contribution in [0.3, 0.4) is 0 Å². The van der Waals surface area contributed by atoms with Gasteiger partial charge in [0.1, 0.15) is 6.04 Å². The highest BCUT2D eigenvalue weighted by atomic mass is 16.1. The van der Waals surface area contributed by atoms with Crippen molar-refractivity contribution in [1.82, 2.24) is 15.5 Å². The van der Waals surface area contributed by atoms with Crippen LogP contribution < -0.4 is 10.6 Å². The van der Waals surface area contributed by atoms with E-state index in [-0.39, 0.29) is 18.0 Å². The van der Waals surface area contributed by atoms with E-state index in [1.807, 2.05) is 0 Å². The van der Waals surface area contributed by atoms with E-state index in [9.17, 15) is 4.79 Å². The van der Waals surface area contributed by atoms with Gasteiger partial charge in [0.05, 0.1) is 6.07 Å². The number of carbonyl (C=O) groups excluding carboxylic acids is 1. The Kier molecular flexibility index (Phi) is 3.75. The van der Waals surface area contributed by atoms with Gasteiger partial charge in [0.15, 0.2) is 0 Å². The van der Waals surface area contributed by atoms with E-state index in [4.69, 9.17) is 5.26 Å². The van der Waals surface area contributed by atoms with E-state index in [0.29, 0.717) is 13.0 Å². The lowest BCUT2D eigenvalue weighted by atomic mass is 10.0. The van der Waals surface area contributed by atoms with Gasteiger partial charge < -0.3 is 10.6 Å². The lowest BCUT2D eigenvalue weighted by molar-refractivity contribution is -0.121. The van der Waals surface area contributed by atoms with E-state index in [2.05, 4.69) is 21.6 Å². The summed E-state index contributed by atoms with van der Waals surface area (Å²) in [5.41, 5.74) is 0. The van der Waals surface area contributed by atoms with Gasteiger partial charge in [-0.05, 0) is 12.8 Å². The van der Waals surface area contributed by atoms with Gasteiger partial charge in [-0.1, -0.05) is 0 Å². The monoisotopic (exact) mass is 222 g/mol. The molecule has 5 nitrogen and oxygen atoms in total. The summed E-state index contributed by atoms with van der Waals surface area (Å²) < 4.78 is 0. The molecular formula is C11H18N4O. The predicted octanol–water partition coefficient (Wildman–Crippen LogP) is -0.548. The SMILES string of the molecule is N#CC1CNCCN1C1CCCNC(=O)C1. The van der Waals surface area contributed by atoms with E-state index in [1.165, 1.54) is 0 Å². The van der Waals surface area contributed by atoms with Crippen LogP contribution in [0.5, 0.6) is 0 Å². The number of piperazine rings is 1. The molecular weight excluding hydrogens is 204 g/mol. The zero-order chi connectivity index (χ0) is 11.4. The maximum Gasteiger partial charge on any atom is 0.221 e.